The van der Waals surface area contributed by atoms with Crippen molar-refractivity contribution in [1.29, 1.82) is 5.26 Å². The number of anilines is 1. The predicted molar refractivity (Wildman–Crippen MR) is 111 cm³/mol. The van der Waals surface area contributed by atoms with Crippen molar-refractivity contribution in [2.45, 2.75) is 12.3 Å². The van der Waals surface area contributed by atoms with Crippen molar-refractivity contribution in [3.05, 3.63) is 53.1 Å². The van der Waals surface area contributed by atoms with Crippen molar-refractivity contribution in [2.24, 2.45) is 0 Å². The highest BCUT2D eigenvalue weighted by Crippen LogP contribution is 2.42. The van der Waals surface area contributed by atoms with Gasteiger partial charge in [0.2, 0.25) is 0 Å². The molecule has 1 fully saturated rings. The maximum atomic E-state index is 9.24. The van der Waals surface area contributed by atoms with E-state index in [9.17, 15) is 5.26 Å². The van der Waals surface area contributed by atoms with Crippen LogP contribution in [0.3, 0.4) is 0 Å². The number of piperazine rings is 1. The molecule has 28 heavy (non-hydrogen) atoms. The molecule has 2 aromatic rings. The molecular weight excluding hydrogens is 374 g/mol. The normalized spacial score (nSPS) is 17.8. The summed E-state index contributed by atoms with van der Waals surface area (Å²) >= 11 is 6.30. The number of benzene rings is 2. The molecule has 0 radical (unpaired) electrons. The minimum Gasteiger partial charge on any atom is -0.486 e. The van der Waals surface area contributed by atoms with Crippen LogP contribution < -0.4 is 14.4 Å². The van der Waals surface area contributed by atoms with E-state index in [0.29, 0.717) is 24.7 Å². The van der Waals surface area contributed by atoms with E-state index in [1.807, 2.05) is 30.3 Å². The Morgan fingerprint density at radius 2 is 1.79 bits per heavy atom. The Balaban J connectivity index is 1.42. The van der Waals surface area contributed by atoms with Gasteiger partial charge in [-0.2, -0.15) is 5.26 Å². The van der Waals surface area contributed by atoms with Gasteiger partial charge in [-0.3, -0.25) is 4.90 Å². The van der Waals surface area contributed by atoms with E-state index in [1.165, 1.54) is 5.56 Å². The third kappa shape index (κ3) is 4.19. The maximum Gasteiger partial charge on any atom is 0.184 e. The lowest BCUT2D eigenvalue weighted by Gasteiger charge is -2.38. The fourth-order valence-corrected chi connectivity index (χ4v) is 4.15. The number of rotatable bonds is 5. The Morgan fingerprint density at radius 1 is 1.04 bits per heavy atom. The van der Waals surface area contributed by atoms with Crippen LogP contribution in [0.25, 0.3) is 0 Å². The molecule has 1 saturated heterocycles. The summed E-state index contributed by atoms with van der Waals surface area (Å²) in [6.07, 6.45) is 0.539. The quantitative estimate of drug-likeness (QED) is 0.765. The first-order chi connectivity index (χ1) is 13.7. The fraction of sp³-hybridized carbons (Fsp3) is 0.409. The second kappa shape index (κ2) is 8.72. The fourth-order valence-electron chi connectivity index (χ4n) is 3.94. The van der Waals surface area contributed by atoms with E-state index in [2.05, 4.69) is 28.0 Å². The molecule has 6 heteroatoms. The molecule has 0 saturated carbocycles. The zero-order valence-electron chi connectivity index (χ0n) is 15.8. The Kier molecular flexibility index (Phi) is 5.90. The molecule has 2 heterocycles. The predicted octanol–water partition coefficient (Wildman–Crippen LogP) is 3.93. The van der Waals surface area contributed by atoms with Crippen LogP contribution in [0.5, 0.6) is 11.5 Å². The van der Waals surface area contributed by atoms with Gasteiger partial charge in [-0.05, 0) is 11.6 Å². The molecule has 2 aromatic carbocycles. The summed E-state index contributed by atoms with van der Waals surface area (Å²) in [6.45, 7) is 5.69. The lowest BCUT2D eigenvalue weighted by atomic mass is 9.95. The van der Waals surface area contributed by atoms with Crippen molar-refractivity contribution >= 4 is 17.3 Å². The average Bonchev–Trinajstić information content (AvgIpc) is 2.74. The van der Waals surface area contributed by atoms with Gasteiger partial charge in [0.05, 0.1) is 11.8 Å². The summed E-state index contributed by atoms with van der Waals surface area (Å²) in [6, 6.07) is 16.5. The monoisotopic (exact) mass is 397 g/mol. The largest absolute Gasteiger partial charge is 0.486 e. The molecule has 0 aliphatic carbocycles. The molecule has 5 nitrogen and oxygen atoms in total. The maximum absolute atomic E-state index is 9.24. The summed E-state index contributed by atoms with van der Waals surface area (Å²) in [4.78, 5) is 4.76. The molecule has 0 amide bonds. The number of nitriles is 1. The Bertz CT molecular complexity index is 845. The molecule has 0 aromatic heterocycles. The van der Waals surface area contributed by atoms with Crippen molar-refractivity contribution in [1.82, 2.24) is 4.90 Å². The molecular formula is C22H24ClN3O2. The lowest BCUT2D eigenvalue weighted by Crippen LogP contribution is -2.47. The van der Waals surface area contributed by atoms with Gasteiger partial charge in [-0.15, -0.1) is 0 Å². The lowest BCUT2D eigenvalue weighted by molar-refractivity contribution is 0.171. The van der Waals surface area contributed by atoms with E-state index in [0.717, 1.165) is 49.9 Å². The summed E-state index contributed by atoms with van der Waals surface area (Å²) in [5.41, 5.74) is 2.25. The molecule has 4 rings (SSSR count). The number of hydrogen-bond donors (Lipinski definition) is 0. The van der Waals surface area contributed by atoms with Gasteiger partial charge in [0, 0.05) is 56.2 Å². The van der Waals surface area contributed by atoms with E-state index in [4.69, 9.17) is 21.1 Å². The van der Waals surface area contributed by atoms with Crippen LogP contribution in [0, 0.1) is 11.3 Å². The van der Waals surface area contributed by atoms with Crippen molar-refractivity contribution in [3.8, 4) is 17.6 Å². The molecule has 0 bridgehead atoms. The smallest absolute Gasteiger partial charge is 0.184 e. The molecule has 1 atom stereocenters. The highest BCUT2D eigenvalue weighted by molar-refractivity contribution is 6.31. The van der Waals surface area contributed by atoms with Gasteiger partial charge in [0.25, 0.3) is 0 Å². The van der Waals surface area contributed by atoms with Crippen LogP contribution in [0.2, 0.25) is 5.02 Å². The standard InChI is InChI=1S/C22H24ClN3O2/c23-19-14-20(22-21(15-19)27-12-13-28-22)26-10-8-25(9-11-26)16-18(6-7-24)17-4-2-1-3-5-17/h1-5,14-15,18H,6,8-13,16H2. The first kappa shape index (κ1) is 18.9. The zero-order valence-corrected chi connectivity index (χ0v) is 16.6. The minimum atomic E-state index is 0.244. The molecule has 0 N–H and O–H groups in total. The molecule has 0 spiro atoms. The van der Waals surface area contributed by atoms with Crippen LogP contribution >= 0.6 is 11.6 Å². The van der Waals surface area contributed by atoms with Crippen LogP contribution in [0.4, 0.5) is 5.69 Å². The summed E-state index contributed by atoms with van der Waals surface area (Å²) in [5.74, 6) is 1.78. The van der Waals surface area contributed by atoms with Gasteiger partial charge in [0.15, 0.2) is 11.5 Å². The van der Waals surface area contributed by atoms with Crippen molar-refractivity contribution in [3.63, 3.8) is 0 Å². The first-order valence-corrected chi connectivity index (χ1v) is 10.1. The second-order valence-electron chi connectivity index (χ2n) is 7.21. The minimum absolute atomic E-state index is 0.244. The van der Waals surface area contributed by atoms with E-state index >= 15 is 0 Å². The number of hydrogen-bond acceptors (Lipinski definition) is 5. The Hall–Kier alpha value is -2.42. The SMILES string of the molecule is N#CCC(CN1CCN(c2cc(Cl)cc3c2OCCO3)CC1)c1ccccc1. The second-order valence-corrected chi connectivity index (χ2v) is 7.64. The molecule has 1 unspecified atom stereocenters. The first-order valence-electron chi connectivity index (χ1n) is 9.73. The number of nitrogens with zero attached hydrogens (tertiary/aromatic N) is 3. The highest BCUT2D eigenvalue weighted by Gasteiger charge is 2.26. The van der Waals surface area contributed by atoms with Crippen LogP contribution in [0.15, 0.2) is 42.5 Å². The van der Waals surface area contributed by atoms with Gasteiger partial charge < -0.3 is 14.4 Å². The van der Waals surface area contributed by atoms with Gasteiger partial charge in [-0.1, -0.05) is 41.9 Å². The van der Waals surface area contributed by atoms with E-state index in [-0.39, 0.29) is 5.92 Å². The third-order valence-corrected chi connectivity index (χ3v) is 5.61. The third-order valence-electron chi connectivity index (χ3n) is 5.39. The van der Waals surface area contributed by atoms with Crippen LogP contribution in [-0.2, 0) is 0 Å². The average molecular weight is 398 g/mol. The van der Waals surface area contributed by atoms with Gasteiger partial charge >= 0.3 is 0 Å². The van der Waals surface area contributed by atoms with Crippen LogP contribution in [-0.4, -0.2) is 50.8 Å². The summed E-state index contributed by atoms with van der Waals surface area (Å²) in [5, 5.41) is 9.91. The van der Waals surface area contributed by atoms with Gasteiger partial charge in [0.1, 0.15) is 13.2 Å². The van der Waals surface area contributed by atoms with Crippen molar-refractivity contribution < 1.29 is 9.47 Å². The molecule has 146 valence electrons. The number of halogens is 1. The molecule has 2 aliphatic heterocycles. The van der Waals surface area contributed by atoms with Crippen LogP contribution in [0.1, 0.15) is 17.9 Å². The van der Waals surface area contributed by atoms with E-state index in [1.54, 1.807) is 0 Å². The van der Waals surface area contributed by atoms with E-state index < -0.39 is 0 Å². The topological polar surface area (TPSA) is 48.7 Å². The van der Waals surface area contributed by atoms with Crippen molar-refractivity contribution in [2.75, 3.05) is 50.8 Å². The summed E-state index contributed by atoms with van der Waals surface area (Å²) in [7, 11) is 0. The summed E-state index contributed by atoms with van der Waals surface area (Å²) < 4.78 is 11.6. The number of ether oxygens (including phenoxy) is 2. The Labute approximate surface area is 171 Å². The zero-order chi connectivity index (χ0) is 19.3. The molecule has 2 aliphatic rings. The number of fused-ring (bicyclic) bond motifs is 1. The highest BCUT2D eigenvalue weighted by atomic mass is 35.5. The Morgan fingerprint density at radius 3 is 2.54 bits per heavy atom. The van der Waals surface area contributed by atoms with Gasteiger partial charge in [-0.25, -0.2) is 0 Å².